The zero-order valence-electron chi connectivity index (χ0n) is 57.1. The smallest absolute Gasteiger partial charge is 0.307 e. The summed E-state index contributed by atoms with van der Waals surface area (Å²) in [6, 6.07) is 30.3. The van der Waals surface area contributed by atoms with Gasteiger partial charge < -0.3 is 31.1 Å². The number of hydrogen-bond donors (Lipinski definition) is 6. The molecule has 6 saturated carbocycles. The van der Waals surface area contributed by atoms with Crippen molar-refractivity contribution in [2.75, 3.05) is 13.1 Å². The quantitative estimate of drug-likeness (QED) is 0.107. The molecular weight excluding hydrogens is 1150 g/mol. The molecule has 0 amide bonds. The number of rotatable bonds is 6. The Balaban J connectivity index is 0.866. The zero-order valence-corrected chi connectivity index (χ0v) is 57.1. The molecule has 21 rings (SSSR count). The molecule has 18 aliphatic rings. The van der Waals surface area contributed by atoms with Crippen molar-refractivity contribution < 1.29 is 25.2 Å². The average Bonchev–Trinajstić information content (AvgIpc) is 1.27. The number of carboxylic acid groups (broad SMARTS) is 1. The van der Waals surface area contributed by atoms with E-state index in [1.54, 1.807) is 11.1 Å². The summed E-state index contributed by atoms with van der Waals surface area (Å²) in [7, 11) is 0. The van der Waals surface area contributed by atoms with E-state index in [1.807, 2.05) is 0 Å². The fraction of sp³-hybridized carbons (Fsp3) is 0.598. The number of benzene rings is 3. The van der Waals surface area contributed by atoms with Crippen molar-refractivity contribution in [2.24, 2.45) is 103 Å². The molecule has 0 aromatic heterocycles. The van der Waals surface area contributed by atoms with Crippen LogP contribution in [-0.4, -0.2) is 51.7 Å². The summed E-state index contributed by atoms with van der Waals surface area (Å²) in [4.78, 5) is 15.3. The van der Waals surface area contributed by atoms with E-state index < -0.39 is 45.8 Å². The Bertz CT molecular complexity index is 3880. The Morgan fingerprint density at radius 3 is 2.38 bits per heavy atom. The second-order valence-corrected chi connectivity index (χ2v) is 34.9. The Labute approximate surface area is 561 Å². The number of hydrogen-bond acceptors (Lipinski definition) is 6. The number of allylic oxidation sites excluding steroid dienone is 10. The monoisotopic (exact) mass is 1260 g/mol. The fourth-order valence-corrected chi connectivity index (χ4v) is 27.3. The molecule has 3 aromatic carbocycles. The Hall–Kier alpha value is -5.63. The summed E-state index contributed by atoms with van der Waals surface area (Å²) in [6.07, 6.45) is 45.6. The van der Waals surface area contributed by atoms with Gasteiger partial charge in [0, 0.05) is 46.1 Å². The topological polar surface area (TPSA) is 122 Å². The lowest BCUT2D eigenvalue weighted by Gasteiger charge is -2.73. The summed E-state index contributed by atoms with van der Waals surface area (Å²) in [5.41, 5.74) is 9.53. The van der Waals surface area contributed by atoms with E-state index in [0.717, 1.165) is 102 Å². The third kappa shape index (κ3) is 8.94. The second-order valence-electron chi connectivity index (χ2n) is 34.9. The van der Waals surface area contributed by atoms with Crippen LogP contribution in [0.5, 0.6) is 0 Å². The summed E-state index contributed by atoms with van der Waals surface area (Å²) in [6.45, 7) is 11.4. The molecule has 496 valence electrons. The fourth-order valence-electron chi connectivity index (χ4n) is 27.3. The molecule has 94 heavy (non-hydrogen) atoms. The lowest BCUT2D eigenvalue weighted by molar-refractivity contribution is -0.168. The molecule has 6 heterocycles. The van der Waals surface area contributed by atoms with Gasteiger partial charge in [-0.05, 0) is 260 Å². The molecule has 7 nitrogen and oxygen atoms in total. The van der Waals surface area contributed by atoms with Crippen molar-refractivity contribution in [3.63, 3.8) is 0 Å². The van der Waals surface area contributed by atoms with Crippen LogP contribution in [-0.2, 0) is 11.2 Å². The van der Waals surface area contributed by atoms with Crippen molar-refractivity contribution in [3.05, 3.63) is 183 Å². The van der Waals surface area contributed by atoms with Gasteiger partial charge in [0.25, 0.3) is 0 Å². The zero-order chi connectivity index (χ0) is 64.2. The van der Waals surface area contributed by atoms with Gasteiger partial charge in [0.05, 0.1) is 30.2 Å². The van der Waals surface area contributed by atoms with Crippen LogP contribution in [0.15, 0.2) is 156 Å². The summed E-state index contributed by atoms with van der Waals surface area (Å²) >= 11 is 0. The molecule has 12 aliphatic carbocycles. The molecule has 6 fully saturated rings. The minimum atomic E-state index is -1.05. The van der Waals surface area contributed by atoms with Crippen molar-refractivity contribution in [2.45, 2.75) is 206 Å². The van der Waals surface area contributed by atoms with Crippen LogP contribution >= 0.6 is 0 Å². The maximum Gasteiger partial charge on any atom is 0.307 e. The molecule has 3 aromatic rings. The lowest BCUT2D eigenvalue weighted by Crippen LogP contribution is -2.68. The molecule has 14 bridgehead atoms. The Morgan fingerprint density at radius 2 is 1.59 bits per heavy atom. The number of carboxylic acids is 1. The van der Waals surface area contributed by atoms with E-state index in [4.69, 9.17) is 0 Å². The Morgan fingerprint density at radius 1 is 0.766 bits per heavy atom. The van der Waals surface area contributed by atoms with E-state index in [9.17, 15) is 20.4 Å². The maximum absolute atomic E-state index is 15.3. The first-order valence-electron chi connectivity index (χ1n) is 38.2. The van der Waals surface area contributed by atoms with Crippen LogP contribution in [0.1, 0.15) is 204 Å². The molecule has 0 saturated heterocycles. The second kappa shape index (κ2) is 23.0. The van der Waals surface area contributed by atoms with Gasteiger partial charge in [0.2, 0.25) is 0 Å². The molecule has 0 radical (unpaired) electrons. The van der Waals surface area contributed by atoms with Crippen LogP contribution < -0.4 is 21.1 Å². The largest absolute Gasteiger partial charge is 0.516 e. The molecule has 6 aliphatic heterocycles. The highest BCUT2D eigenvalue weighted by molar-refractivity contribution is 5.78. The van der Waals surface area contributed by atoms with E-state index >= 15 is 4.79 Å². The van der Waals surface area contributed by atoms with Crippen LogP contribution in [0.25, 0.3) is 17.2 Å². The van der Waals surface area contributed by atoms with Crippen molar-refractivity contribution in [3.8, 4) is 0 Å². The van der Waals surface area contributed by atoms with E-state index in [0.29, 0.717) is 54.8 Å². The SMILES string of the molecule is CC(C)CC[C@@H]1C[C@H]2C[C@@]3(CC[C@H]4[C@H]3C=C[C@]35[C@H](O)C[C@]46C4=C(CC[C@]36C)[C@]36CC[C@H](O)[C@@]7(C)CC=C[C@@](C=C8C(=c9ccccc9=C[C@@H]83)Cc3cccc(c3)C3=CC=C(NCCC[C@@H](C8CCCCC8)/C(=C/O)CC[C@H]5C(=O)O)NC3)(C4)[C@@H]76)C[C@@H]2C[C@@H]1c1ccccc1. The Kier molecular flexibility index (Phi) is 15.1. The van der Waals surface area contributed by atoms with E-state index in [2.05, 4.69) is 166 Å². The third-order valence-electron chi connectivity index (χ3n) is 30.9. The minimum absolute atomic E-state index is 0.0837. The van der Waals surface area contributed by atoms with Gasteiger partial charge in [0.15, 0.2) is 0 Å². The van der Waals surface area contributed by atoms with E-state index in [-0.39, 0.29) is 45.8 Å². The minimum Gasteiger partial charge on any atom is -0.516 e. The number of fused-ring (bicyclic) bond motifs is 4. The molecule has 3 spiro atoms. The van der Waals surface area contributed by atoms with Gasteiger partial charge >= 0.3 is 5.97 Å². The highest BCUT2D eigenvalue weighted by atomic mass is 16.4. The van der Waals surface area contributed by atoms with Crippen molar-refractivity contribution in [1.82, 2.24) is 10.6 Å². The average molecular weight is 1260 g/mol. The van der Waals surface area contributed by atoms with Gasteiger partial charge in [-0.15, -0.1) is 0 Å². The molecule has 6 N–H and O–H groups in total. The van der Waals surface area contributed by atoms with Gasteiger partial charge in [0.1, 0.15) is 0 Å². The summed E-state index contributed by atoms with van der Waals surface area (Å²) in [5.74, 6) is 4.03. The lowest BCUT2D eigenvalue weighted by atomic mass is 9.30. The number of aliphatic hydroxyl groups is 3. The van der Waals surface area contributed by atoms with Crippen molar-refractivity contribution >= 4 is 23.2 Å². The predicted octanol–water partition coefficient (Wildman–Crippen LogP) is 16.9. The standard InChI is InChI=1S/C87H108N2O5/c1-54(2)25-26-60-44-63-47-83(48-64(63)45-67(60)57-19-9-6-10-20-57)38-32-72-70(83)33-40-86-73(79(93)94)29-27-62(53-90)65(56-17-7-5-8-18-56)24-14-41-88-78-30-28-61(52-89-78)58-22-13-16-55(42-58)43-68-66-23-12-11-21-59(66)46-74-69(68)49-84-36-15-35-81(3)76(91)34-39-85(74,80(81)84)71-31-37-82(86,4)87(72,51-77(86)92)75(71)50-84/h6,9-13,15-16,19-23,28,30,33,36,40,42,46,49,53-54,56,60,63-65,67,70,72-74,76-77,80,88-92H,5,7-8,14,17-18,24-27,29,31-32,34-35,37-39,41,43-45,47-48,50-52H2,1-4H3,(H,93,94)/b62-53+/t60-,63+,64+,65+,67-,70-,72+,73+,74+,76+,77-,80-,81-,82-,83+,84-,85-,86+,87-/m1/s1. The van der Waals surface area contributed by atoms with Gasteiger partial charge in [-0.25, -0.2) is 0 Å². The van der Waals surface area contributed by atoms with Crippen molar-refractivity contribution in [1.29, 1.82) is 0 Å². The molecular formula is C87H108N2O5. The summed E-state index contributed by atoms with van der Waals surface area (Å²) < 4.78 is 0. The van der Waals surface area contributed by atoms with Crippen LogP contribution in [0.3, 0.4) is 0 Å². The first kappa shape index (κ1) is 61.9. The maximum atomic E-state index is 15.3. The predicted molar refractivity (Wildman–Crippen MR) is 378 cm³/mol. The highest BCUT2D eigenvalue weighted by Gasteiger charge is 2.81. The number of dihydropyridines is 1. The first-order chi connectivity index (χ1) is 45.6. The summed E-state index contributed by atoms with van der Waals surface area (Å²) in [5, 5.41) is 61.5. The van der Waals surface area contributed by atoms with Gasteiger partial charge in [-0.3, -0.25) is 4.79 Å². The van der Waals surface area contributed by atoms with Gasteiger partial charge in [-0.1, -0.05) is 186 Å². The highest BCUT2D eigenvalue weighted by Crippen LogP contribution is 2.86. The molecule has 0 unspecified atom stereocenters. The number of carbonyl (C=O) groups is 1. The van der Waals surface area contributed by atoms with Gasteiger partial charge in [-0.2, -0.15) is 0 Å². The third-order valence-corrected chi connectivity index (χ3v) is 30.9. The van der Waals surface area contributed by atoms with Crippen LogP contribution in [0.4, 0.5) is 0 Å². The number of nitrogens with one attached hydrogen (secondary N) is 2. The number of aliphatic carboxylic acids is 1. The molecule has 19 atom stereocenters. The molecule has 7 heteroatoms. The normalized spacial score (nSPS) is 43.0. The first-order valence-corrected chi connectivity index (χ1v) is 38.2. The van der Waals surface area contributed by atoms with Crippen LogP contribution in [0, 0.1) is 103 Å². The van der Waals surface area contributed by atoms with E-state index in [1.165, 1.54) is 114 Å². The van der Waals surface area contributed by atoms with Crippen LogP contribution in [0.2, 0.25) is 0 Å². The number of aliphatic hydroxyl groups excluding tert-OH is 3.